The van der Waals surface area contributed by atoms with E-state index in [1.54, 1.807) is 78.9 Å². The maximum absolute atomic E-state index is 12.5. The number of benzene rings is 3. The van der Waals surface area contributed by atoms with Gasteiger partial charge in [-0.25, -0.2) is 9.59 Å². The van der Waals surface area contributed by atoms with Crippen LogP contribution in [0.1, 0.15) is 34.6 Å². The summed E-state index contributed by atoms with van der Waals surface area (Å²) in [7, 11) is 0. The molecule has 5 heteroatoms. The largest absolute Gasteiger partial charge is 0.487 e. The van der Waals surface area contributed by atoms with Gasteiger partial charge in [-0.15, -0.1) is 0 Å². The summed E-state index contributed by atoms with van der Waals surface area (Å²) < 4.78 is 16.8. The van der Waals surface area contributed by atoms with Gasteiger partial charge >= 0.3 is 11.9 Å². The number of rotatable bonds is 6. The summed E-state index contributed by atoms with van der Waals surface area (Å²) in [4.78, 5) is 25.0. The van der Waals surface area contributed by atoms with Crippen LogP contribution in [-0.2, 0) is 0 Å². The first-order valence-corrected chi connectivity index (χ1v) is 8.88. The Bertz CT molecular complexity index is 949. The highest BCUT2D eigenvalue weighted by molar-refractivity contribution is 5.93. The first-order chi connectivity index (χ1) is 13.5. The molecule has 3 aromatic carbocycles. The summed E-state index contributed by atoms with van der Waals surface area (Å²) in [5.74, 6) is -0.639. The summed E-state index contributed by atoms with van der Waals surface area (Å²) in [6.45, 7) is 3.71. The Morgan fingerprint density at radius 2 is 1.14 bits per heavy atom. The molecule has 3 rings (SSSR count). The standard InChI is InChI=1S/C23H20O5/c1-16(2)26-19-14-9-15-20(27-22(24)17-10-5-3-6-11-17)21(19)28-23(25)18-12-7-4-8-13-18/h3-16H,1-2H3. The van der Waals surface area contributed by atoms with E-state index in [9.17, 15) is 9.59 Å². The molecule has 0 saturated carbocycles. The second-order valence-corrected chi connectivity index (χ2v) is 6.26. The van der Waals surface area contributed by atoms with Gasteiger partial charge in [0.25, 0.3) is 0 Å². The Labute approximate surface area is 163 Å². The van der Waals surface area contributed by atoms with Gasteiger partial charge in [0.15, 0.2) is 11.5 Å². The molecule has 3 aromatic rings. The lowest BCUT2D eigenvalue weighted by molar-refractivity contribution is 0.0674. The molecule has 0 aliphatic carbocycles. The van der Waals surface area contributed by atoms with Crippen molar-refractivity contribution in [1.82, 2.24) is 0 Å². The van der Waals surface area contributed by atoms with Gasteiger partial charge in [-0.2, -0.15) is 0 Å². The fourth-order valence-electron chi connectivity index (χ4n) is 2.48. The van der Waals surface area contributed by atoms with E-state index < -0.39 is 11.9 Å². The molecule has 0 saturated heterocycles. The second kappa shape index (κ2) is 8.86. The zero-order valence-corrected chi connectivity index (χ0v) is 15.6. The zero-order valence-electron chi connectivity index (χ0n) is 15.6. The number of carbonyl (C=O) groups excluding carboxylic acids is 2. The van der Waals surface area contributed by atoms with E-state index in [1.807, 2.05) is 13.8 Å². The Morgan fingerprint density at radius 3 is 1.68 bits per heavy atom. The number of hydrogen-bond acceptors (Lipinski definition) is 5. The molecule has 0 radical (unpaired) electrons. The highest BCUT2D eigenvalue weighted by Crippen LogP contribution is 2.38. The molecule has 0 amide bonds. The molecular formula is C23H20O5. The maximum Gasteiger partial charge on any atom is 0.343 e. The first-order valence-electron chi connectivity index (χ1n) is 8.88. The lowest BCUT2D eigenvalue weighted by atomic mass is 10.2. The van der Waals surface area contributed by atoms with Crippen LogP contribution in [-0.4, -0.2) is 18.0 Å². The molecule has 0 aromatic heterocycles. The molecule has 0 atom stereocenters. The van der Waals surface area contributed by atoms with E-state index >= 15 is 0 Å². The summed E-state index contributed by atoms with van der Waals surface area (Å²) in [6.07, 6.45) is -0.158. The van der Waals surface area contributed by atoms with Crippen molar-refractivity contribution in [1.29, 1.82) is 0 Å². The smallest absolute Gasteiger partial charge is 0.343 e. The van der Waals surface area contributed by atoms with Crippen LogP contribution >= 0.6 is 0 Å². The van der Waals surface area contributed by atoms with Gasteiger partial charge in [0.1, 0.15) is 0 Å². The van der Waals surface area contributed by atoms with Crippen molar-refractivity contribution >= 4 is 11.9 Å². The molecule has 0 fully saturated rings. The molecule has 0 N–H and O–H groups in total. The van der Waals surface area contributed by atoms with Crippen LogP contribution in [0.3, 0.4) is 0 Å². The van der Waals surface area contributed by atoms with Crippen molar-refractivity contribution < 1.29 is 23.8 Å². The molecule has 0 heterocycles. The normalized spacial score (nSPS) is 10.4. The van der Waals surface area contributed by atoms with Crippen LogP contribution in [0.4, 0.5) is 0 Å². The van der Waals surface area contributed by atoms with Crippen LogP contribution in [0, 0.1) is 0 Å². The number of esters is 2. The van der Waals surface area contributed by atoms with E-state index in [2.05, 4.69) is 0 Å². The van der Waals surface area contributed by atoms with Gasteiger partial charge in [-0.05, 0) is 50.2 Å². The number of ether oxygens (including phenoxy) is 3. The fraction of sp³-hybridized carbons (Fsp3) is 0.130. The molecule has 0 bridgehead atoms. The van der Waals surface area contributed by atoms with Gasteiger partial charge in [0.05, 0.1) is 17.2 Å². The molecule has 0 aliphatic rings. The summed E-state index contributed by atoms with van der Waals surface area (Å²) in [5, 5.41) is 0. The van der Waals surface area contributed by atoms with Crippen LogP contribution < -0.4 is 14.2 Å². The number of carbonyl (C=O) groups is 2. The Kier molecular flexibility index (Phi) is 6.07. The third-order valence-electron chi connectivity index (χ3n) is 3.72. The molecule has 5 nitrogen and oxygen atoms in total. The summed E-state index contributed by atoms with van der Waals surface area (Å²) in [5.41, 5.74) is 0.764. The summed E-state index contributed by atoms with van der Waals surface area (Å²) >= 11 is 0. The fourth-order valence-corrected chi connectivity index (χ4v) is 2.48. The average molecular weight is 376 g/mol. The Morgan fingerprint density at radius 1 is 0.643 bits per heavy atom. The predicted molar refractivity (Wildman–Crippen MR) is 105 cm³/mol. The number of para-hydroxylation sites is 1. The van der Waals surface area contributed by atoms with Crippen molar-refractivity contribution in [3.05, 3.63) is 90.0 Å². The monoisotopic (exact) mass is 376 g/mol. The summed E-state index contributed by atoms with van der Waals surface area (Å²) in [6, 6.07) is 22.0. The second-order valence-electron chi connectivity index (χ2n) is 6.26. The molecule has 0 unspecified atom stereocenters. The third-order valence-corrected chi connectivity index (χ3v) is 3.72. The van der Waals surface area contributed by atoms with Crippen molar-refractivity contribution in [2.75, 3.05) is 0 Å². The minimum atomic E-state index is -0.572. The maximum atomic E-state index is 12.5. The van der Waals surface area contributed by atoms with E-state index in [1.165, 1.54) is 0 Å². The Hall–Kier alpha value is -3.60. The highest BCUT2D eigenvalue weighted by Gasteiger charge is 2.21. The topological polar surface area (TPSA) is 61.8 Å². The predicted octanol–water partition coefficient (Wildman–Crippen LogP) is 4.91. The van der Waals surface area contributed by atoms with Gasteiger partial charge in [-0.1, -0.05) is 42.5 Å². The molecular weight excluding hydrogens is 356 g/mol. The van der Waals surface area contributed by atoms with Gasteiger partial charge < -0.3 is 14.2 Å². The minimum absolute atomic E-state index is 0.0642. The third kappa shape index (κ3) is 4.76. The van der Waals surface area contributed by atoms with Crippen LogP contribution in [0.5, 0.6) is 17.2 Å². The van der Waals surface area contributed by atoms with E-state index in [-0.39, 0.29) is 17.6 Å². The highest BCUT2D eigenvalue weighted by atomic mass is 16.6. The van der Waals surface area contributed by atoms with Crippen LogP contribution in [0.2, 0.25) is 0 Å². The quantitative estimate of drug-likeness (QED) is 0.452. The van der Waals surface area contributed by atoms with Gasteiger partial charge in [0, 0.05) is 0 Å². The van der Waals surface area contributed by atoms with E-state index in [0.717, 1.165) is 0 Å². The molecule has 142 valence electrons. The molecule has 0 aliphatic heterocycles. The average Bonchev–Trinajstić information content (AvgIpc) is 2.71. The van der Waals surface area contributed by atoms with E-state index in [4.69, 9.17) is 14.2 Å². The van der Waals surface area contributed by atoms with Crippen molar-refractivity contribution in [2.45, 2.75) is 20.0 Å². The van der Waals surface area contributed by atoms with Crippen molar-refractivity contribution in [3.63, 3.8) is 0 Å². The Balaban J connectivity index is 1.93. The van der Waals surface area contributed by atoms with Crippen LogP contribution in [0.15, 0.2) is 78.9 Å². The van der Waals surface area contributed by atoms with Crippen molar-refractivity contribution in [2.24, 2.45) is 0 Å². The lowest BCUT2D eigenvalue weighted by Crippen LogP contribution is -2.14. The lowest BCUT2D eigenvalue weighted by Gasteiger charge is -2.17. The molecule has 0 spiro atoms. The van der Waals surface area contributed by atoms with E-state index in [0.29, 0.717) is 16.9 Å². The number of hydrogen-bond donors (Lipinski definition) is 0. The molecule has 28 heavy (non-hydrogen) atoms. The van der Waals surface area contributed by atoms with Crippen LogP contribution in [0.25, 0.3) is 0 Å². The van der Waals surface area contributed by atoms with Gasteiger partial charge in [0.2, 0.25) is 5.75 Å². The zero-order chi connectivity index (χ0) is 19.9. The minimum Gasteiger partial charge on any atom is -0.487 e. The van der Waals surface area contributed by atoms with Crippen molar-refractivity contribution in [3.8, 4) is 17.2 Å². The first kappa shape index (κ1) is 19.2. The SMILES string of the molecule is CC(C)Oc1cccc(OC(=O)c2ccccc2)c1OC(=O)c1ccccc1. The van der Waals surface area contributed by atoms with Gasteiger partial charge in [-0.3, -0.25) is 0 Å².